The first-order valence-electron chi connectivity index (χ1n) is 42.2. The number of esters is 4. The molecule has 6 atom stereocenters. The van der Waals surface area contributed by atoms with Gasteiger partial charge in [-0.2, -0.15) is 0 Å². The van der Waals surface area contributed by atoms with Gasteiger partial charge in [0.25, 0.3) is 0 Å². The molecule has 0 aromatic rings. The third kappa shape index (κ3) is 73.0. The van der Waals surface area contributed by atoms with Gasteiger partial charge in [-0.15, -0.1) is 0 Å². The lowest BCUT2D eigenvalue weighted by Gasteiger charge is -2.21. The molecule has 0 saturated carbocycles. The Morgan fingerprint density at radius 1 is 0.280 bits per heavy atom. The lowest BCUT2D eigenvalue weighted by Crippen LogP contribution is -2.30. The molecule has 100 heavy (non-hydrogen) atoms. The summed E-state index contributed by atoms with van der Waals surface area (Å²) < 4.78 is 68.6. The highest BCUT2D eigenvalue weighted by Gasteiger charge is 2.30. The van der Waals surface area contributed by atoms with E-state index in [-0.39, 0.29) is 25.7 Å². The molecule has 17 nitrogen and oxygen atoms in total. The van der Waals surface area contributed by atoms with E-state index >= 15 is 0 Å². The van der Waals surface area contributed by atoms with Gasteiger partial charge in [0.1, 0.15) is 19.3 Å². The van der Waals surface area contributed by atoms with Crippen molar-refractivity contribution in [3.05, 3.63) is 0 Å². The van der Waals surface area contributed by atoms with Gasteiger partial charge in [0, 0.05) is 25.7 Å². The Hall–Kier alpha value is -1.94. The third-order valence-electron chi connectivity index (χ3n) is 19.4. The van der Waals surface area contributed by atoms with Crippen LogP contribution in [0, 0.1) is 5.92 Å². The largest absolute Gasteiger partial charge is 0.472 e. The fourth-order valence-corrected chi connectivity index (χ4v) is 14.1. The molecule has 0 radical (unpaired) electrons. The molecule has 0 aromatic carbocycles. The molecule has 3 N–H and O–H groups in total. The highest BCUT2D eigenvalue weighted by Crippen LogP contribution is 2.45. The summed E-state index contributed by atoms with van der Waals surface area (Å²) >= 11 is 0. The van der Waals surface area contributed by atoms with E-state index in [2.05, 4.69) is 34.6 Å². The first-order chi connectivity index (χ1) is 48.6. The van der Waals surface area contributed by atoms with Crippen molar-refractivity contribution in [2.45, 2.75) is 451 Å². The van der Waals surface area contributed by atoms with E-state index in [1.54, 1.807) is 0 Å². The molecule has 0 rings (SSSR count). The van der Waals surface area contributed by atoms with Crippen LogP contribution in [0.2, 0.25) is 0 Å². The molecule has 0 amide bonds. The minimum atomic E-state index is -4.96. The Labute approximate surface area is 613 Å². The van der Waals surface area contributed by atoms with Gasteiger partial charge < -0.3 is 33.8 Å². The lowest BCUT2D eigenvalue weighted by molar-refractivity contribution is -0.161. The molecule has 0 aliphatic rings. The number of carbonyl (C=O) groups is 4. The van der Waals surface area contributed by atoms with Crippen molar-refractivity contribution in [2.24, 2.45) is 5.92 Å². The summed E-state index contributed by atoms with van der Waals surface area (Å²) in [5.41, 5.74) is 0. The highest BCUT2D eigenvalue weighted by atomic mass is 31.2. The van der Waals surface area contributed by atoms with E-state index in [1.165, 1.54) is 257 Å². The van der Waals surface area contributed by atoms with E-state index in [1.807, 2.05) is 0 Å². The molecule has 0 fully saturated rings. The van der Waals surface area contributed by atoms with Crippen molar-refractivity contribution >= 4 is 39.5 Å². The van der Waals surface area contributed by atoms with Gasteiger partial charge in [-0.05, 0) is 31.6 Å². The van der Waals surface area contributed by atoms with Gasteiger partial charge in [-0.3, -0.25) is 37.3 Å². The van der Waals surface area contributed by atoms with Crippen LogP contribution in [0.4, 0.5) is 0 Å². The summed E-state index contributed by atoms with van der Waals surface area (Å²) in [5.74, 6) is -1.39. The Morgan fingerprint density at radius 2 is 0.480 bits per heavy atom. The summed E-state index contributed by atoms with van der Waals surface area (Å²) in [6.07, 6.45) is 65.5. The normalized spacial score (nSPS) is 14.1. The highest BCUT2D eigenvalue weighted by molar-refractivity contribution is 7.47. The second kappa shape index (κ2) is 73.9. The molecule has 0 aliphatic carbocycles. The molecule has 0 saturated heterocycles. The predicted molar refractivity (Wildman–Crippen MR) is 409 cm³/mol. The van der Waals surface area contributed by atoms with Crippen molar-refractivity contribution in [3.8, 4) is 0 Å². The minimum absolute atomic E-state index is 0.104. The zero-order valence-corrected chi connectivity index (χ0v) is 67.1. The number of unbranched alkanes of at least 4 members (excludes halogenated alkanes) is 52. The lowest BCUT2D eigenvalue weighted by atomic mass is 10.00. The summed E-state index contributed by atoms with van der Waals surface area (Å²) in [5, 5.41) is 10.6. The Kier molecular flexibility index (Phi) is 72.5. The fraction of sp³-hybridized carbons (Fsp3) is 0.951. The molecule has 0 heterocycles. The molecule has 594 valence electrons. The summed E-state index contributed by atoms with van der Waals surface area (Å²) in [4.78, 5) is 72.9. The monoisotopic (exact) mass is 1470 g/mol. The van der Waals surface area contributed by atoms with Crippen LogP contribution in [-0.2, 0) is 65.4 Å². The second-order valence-corrected chi connectivity index (χ2v) is 32.3. The summed E-state index contributed by atoms with van der Waals surface area (Å²) in [6.45, 7) is 7.26. The first-order valence-corrected chi connectivity index (χ1v) is 45.2. The van der Waals surface area contributed by atoms with Crippen LogP contribution < -0.4 is 0 Å². The zero-order chi connectivity index (χ0) is 73.4. The van der Waals surface area contributed by atoms with Gasteiger partial charge >= 0.3 is 39.5 Å². The number of rotatable bonds is 81. The number of aliphatic hydroxyl groups excluding tert-OH is 1. The number of aliphatic hydroxyl groups is 1. The molecule has 0 spiro atoms. The number of carbonyl (C=O) groups excluding carboxylic acids is 4. The van der Waals surface area contributed by atoms with Crippen LogP contribution in [-0.4, -0.2) is 96.7 Å². The van der Waals surface area contributed by atoms with Crippen LogP contribution in [0.3, 0.4) is 0 Å². The molecular formula is C81H158O17P2. The Balaban J connectivity index is 5.19. The van der Waals surface area contributed by atoms with Gasteiger partial charge in [-0.1, -0.05) is 381 Å². The second-order valence-electron chi connectivity index (χ2n) is 29.4. The maximum atomic E-state index is 13.1. The maximum Gasteiger partial charge on any atom is 0.472 e. The zero-order valence-electron chi connectivity index (χ0n) is 65.3. The van der Waals surface area contributed by atoms with Crippen LogP contribution in [0.25, 0.3) is 0 Å². The average molecular weight is 1470 g/mol. The Morgan fingerprint density at radius 3 is 0.710 bits per heavy atom. The standard InChI is InChI=1S/C81H158O17P2/c1-6-10-13-16-19-22-25-27-29-31-33-34-36-38-40-42-44-47-50-56-61-66-80(85)97-76(70-91-79(84)65-60-55-49-46-43-41-39-37-35-32-30-28-26-23-20-17-14-11-7-2)72-95-99(87,88)93-68-75(82)69-94-100(89,90)96-73-77(98-81(86)67-62-57-52-51-53-58-63-74(5)9-4)71-92-78(83)64-59-54-48-45-24-21-18-15-12-8-3/h74-77,82H,6-73H2,1-5H3,(H,87,88)(H,89,90)/t74?,75-,76-,77-/m1/s1. The SMILES string of the molecule is CCCCCCCCCCCCCCCCCCCCCCCC(=O)O[C@H](COC(=O)CCCCCCCCCCCCCCCCCCCCC)COP(=O)(O)OC[C@@H](O)COP(=O)(O)OC[C@@H](COC(=O)CCCCCCCCCCCC)OC(=O)CCCCCCCCC(C)CC. The van der Waals surface area contributed by atoms with E-state index in [9.17, 15) is 43.2 Å². The van der Waals surface area contributed by atoms with Crippen molar-refractivity contribution in [1.82, 2.24) is 0 Å². The topological polar surface area (TPSA) is 237 Å². The molecule has 0 bridgehead atoms. The fourth-order valence-electron chi connectivity index (χ4n) is 12.6. The van der Waals surface area contributed by atoms with Crippen LogP contribution in [0.1, 0.15) is 433 Å². The average Bonchev–Trinajstić information content (AvgIpc) is 0.930. The smallest absolute Gasteiger partial charge is 0.462 e. The van der Waals surface area contributed by atoms with E-state index in [0.717, 1.165) is 95.8 Å². The Bertz CT molecular complexity index is 1910. The van der Waals surface area contributed by atoms with Crippen LogP contribution in [0.15, 0.2) is 0 Å². The van der Waals surface area contributed by atoms with Crippen molar-refractivity contribution < 1.29 is 80.2 Å². The maximum absolute atomic E-state index is 13.1. The molecule has 19 heteroatoms. The number of phosphoric ester groups is 2. The van der Waals surface area contributed by atoms with Gasteiger partial charge in [0.15, 0.2) is 12.2 Å². The number of hydrogen-bond donors (Lipinski definition) is 3. The molecule has 0 aromatic heterocycles. The van der Waals surface area contributed by atoms with E-state index < -0.39 is 97.5 Å². The molecule has 0 aliphatic heterocycles. The van der Waals surface area contributed by atoms with Gasteiger partial charge in [0.2, 0.25) is 0 Å². The quantitative estimate of drug-likeness (QED) is 0.0222. The van der Waals surface area contributed by atoms with E-state index in [0.29, 0.717) is 25.7 Å². The summed E-state index contributed by atoms with van der Waals surface area (Å²) in [7, 11) is -9.91. The van der Waals surface area contributed by atoms with Crippen LogP contribution >= 0.6 is 15.6 Å². The first kappa shape index (κ1) is 98.1. The minimum Gasteiger partial charge on any atom is -0.462 e. The summed E-state index contributed by atoms with van der Waals surface area (Å²) in [6, 6.07) is 0. The van der Waals surface area contributed by atoms with E-state index in [4.69, 9.17) is 37.0 Å². The number of hydrogen-bond acceptors (Lipinski definition) is 15. The molecule has 3 unspecified atom stereocenters. The predicted octanol–water partition coefficient (Wildman–Crippen LogP) is 24.4. The van der Waals surface area contributed by atoms with Crippen LogP contribution in [0.5, 0.6) is 0 Å². The van der Waals surface area contributed by atoms with Crippen molar-refractivity contribution in [3.63, 3.8) is 0 Å². The van der Waals surface area contributed by atoms with Gasteiger partial charge in [0.05, 0.1) is 26.4 Å². The van der Waals surface area contributed by atoms with Crippen molar-refractivity contribution in [2.75, 3.05) is 39.6 Å². The number of phosphoric acid groups is 2. The third-order valence-corrected chi connectivity index (χ3v) is 21.3. The number of ether oxygens (including phenoxy) is 4. The van der Waals surface area contributed by atoms with Gasteiger partial charge in [-0.25, -0.2) is 9.13 Å². The molecular weight excluding hydrogens is 1310 g/mol. The van der Waals surface area contributed by atoms with Crippen molar-refractivity contribution in [1.29, 1.82) is 0 Å².